The number of aromatic nitrogens is 2. The molecule has 0 bridgehead atoms. The summed E-state index contributed by atoms with van der Waals surface area (Å²) in [6.07, 6.45) is 0. The van der Waals surface area contributed by atoms with E-state index in [2.05, 4.69) is 15.6 Å². The van der Waals surface area contributed by atoms with Crippen molar-refractivity contribution < 1.29 is 19.2 Å². The standard InChI is InChI=1S/C26H23N5O5/c1-15-23(25(32)27-16-9-5-4-6-10-16)24(29-26-28-18-11-7-8-12-19(18)30(15)26)17-13-21(35-2)22(36-3)14-20(17)31(33)34/h4-14,24H,1-3H3,(H,27,32)(H,28,29)/t24-/m1/s1. The maximum Gasteiger partial charge on any atom is 0.279 e. The van der Waals surface area contributed by atoms with Gasteiger partial charge < -0.3 is 20.1 Å². The van der Waals surface area contributed by atoms with Crippen molar-refractivity contribution in [3.05, 3.63) is 88.0 Å². The molecule has 0 saturated carbocycles. The minimum Gasteiger partial charge on any atom is -0.493 e. The highest BCUT2D eigenvalue weighted by Gasteiger charge is 2.37. The second kappa shape index (κ2) is 9.06. The van der Waals surface area contributed by atoms with E-state index in [0.717, 1.165) is 11.0 Å². The van der Waals surface area contributed by atoms with Crippen molar-refractivity contribution in [3.8, 4) is 11.5 Å². The first-order chi connectivity index (χ1) is 17.4. The number of ether oxygens (including phenoxy) is 2. The van der Waals surface area contributed by atoms with Gasteiger partial charge in [-0.15, -0.1) is 0 Å². The predicted molar refractivity (Wildman–Crippen MR) is 136 cm³/mol. The van der Waals surface area contributed by atoms with Crippen LogP contribution in [0.3, 0.4) is 0 Å². The molecule has 1 aliphatic heterocycles. The molecule has 10 heteroatoms. The highest BCUT2D eigenvalue weighted by atomic mass is 16.6. The Balaban J connectivity index is 1.74. The predicted octanol–water partition coefficient (Wildman–Crippen LogP) is 5.00. The number of benzene rings is 3. The molecule has 182 valence electrons. The molecule has 0 saturated heterocycles. The average molecular weight is 486 g/mol. The number of rotatable bonds is 6. The van der Waals surface area contributed by atoms with Crippen molar-refractivity contribution in [2.45, 2.75) is 13.0 Å². The van der Waals surface area contributed by atoms with Crippen molar-refractivity contribution >= 4 is 40.0 Å². The Labute approximate surface area is 206 Å². The van der Waals surface area contributed by atoms with Crippen LogP contribution in [0.5, 0.6) is 11.5 Å². The van der Waals surface area contributed by atoms with Gasteiger partial charge in [-0.2, -0.15) is 0 Å². The molecule has 1 atom stereocenters. The van der Waals surface area contributed by atoms with Gasteiger partial charge in [-0.05, 0) is 37.3 Å². The summed E-state index contributed by atoms with van der Waals surface area (Å²) in [5, 5.41) is 18.3. The molecule has 1 aromatic heterocycles. The van der Waals surface area contributed by atoms with Gasteiger partial charge in [0.1, 0.15) is 0 Å². The molecule has 3 aromatic carbocycles. The molecule has 0 fully saturated rings. The van der Waals surface area contributed by atoms with Crippen molar-refractivity contribution in [1.82, 2.24) is 9.55 Å². The van der Waals surface area contributed by atoms with Gasteiger partial charge in [-0.3, -0.25) is 19.5 Å². The van der Waals surface area contributed by atoms with Crippen molar-refractivity contribution in [2.24, 2.45) is 0 Å². The summed E-state index contributed by atoms with van der Waals surface area (Å²) < 4.78 is 12.6. The molecular formula is C26H23N5O5. The zero-order valence-electron chi connectivity index (χ0n) is 19.8. The highest BCUT2D eigenvalue weighted by Crippen LogP contribution is 2.44. The van der Waals surface area contributed by atoms with Crippen molar-refractivity contribution in [2.75, 3.05) is 24.9 Å². The lowest BCUT2D eigenvalue weighted by molar-refractivity contribution is -0.385. The first-order valence-electron chi connectivity index (χ1n) is 11.1. The highest BCUT2D eigenvalue weighted by molar-refractivity contribution is 6.10. The quantitative estimate of drug-likeness (QED) is 0.291. The monoisotopic (exact) mass is 485 g/mol. The summed E-state index contributed by atoms with van der Waals surface area (Å²) in [6, 6.07) is 18.5. The van der Waals surface area contributed by atoms with E-state index in [0.29, 0.717) is 28.7 Å². The van der Waals surface area contributed by atoms with Gasteiger partial charge in [-0.25, -0.2) is 4.98 Å². The van der Waals surface area contributed by atoms with Gasteiger partial charge >= 0.3 is 0 Å². The zero-order valence-corrected chi connectivity index (χ0v) is 19.8. The number of fused-ring (bicyclic) bond motifs is 3. The molecule has 5 rings (SSSR count). The third kappa shape index (κ3) is 3.78. The number of nitro benzene ring substituents is 1. The number of nitrogens with zero attached hydrogens (tertiary/aromatic N) is 3. The summed E-state index contributed by atoms with van der Waals surface area (Å²) in [4.78, 5) is 30.0. The van der Waals surface area contributed by atoms with Gasteiger partial charge in [0.25, 0.3) is 11.6 Å². The Bertz CT molecular complexity index is 1530. The number of carbonyl (C=O) groups is 1. The van der Waals surface area contributed by atoms with E-state index < -0.39 is 16.9 Å². The van der Waals surface area contributed by atoms with E-state index in [9.17, 15) is 14.9 Å². The second-order valence-electron chi connectivity index (χ2n) is 8.18. The van der Waals surface area contributed by atoms with Crippen LogP contribution in [0, 0.1) is 10.1 Å². The second-order valence-corrected chi connectivity index (χ2v) is 8.18. The van der Waals surface area contributed by atoms with Gasteiger partial charge in [-0.1, -0.05) is 30.3 Å². The topological polar surface area (TPSA) is 121 Å². The van der Waals surface area contributed by atoms with Crippen molar-refractivity contribution in [3.63, 3.8) is 0 Å². The SMILES string of the molecule is COc1cc([C@H]2Nc3nc4ccccc4n3C(C)=C2C(=O)Nc2ccccc2)c([N+](=O)[O-])cc1OC. The lowest BCUT2D eigenvalue weighted by Crippen LogP contribution is -2.30. The smallest absolute Gasteiger partial charge is 0.279 e. The molecular weight excluding hydrogens is 462 g/mol. The molecule has 36 heavy (non-hydrogen) atoms. The van der Waals surface area contributed by atoms with E-state index >= 15 is 0 Å². The number of methoxy groups -OCH3 is 2. The summed E-state index contributed by atoms with van der Waals surface area (Å²) in [6.45, 7) is 1.80. The lowest BCUT2D eigenvalue weighted by Gasteiger charge is -2.30. The fourth-order valence-corrected chi connectivity index (χ4v) is 4.51. The largest absolute Gasteiger partial charge is 0.493 e. The van der Waals surface area contributed by atoms with E-state index in [1.54, 1.807) is 19.1 Å². The Kier molecular flexibility index (Phi) is 5.77. The number of anilines is 2. The lowest BCUT2D eigenvalue weighted by atomic mass is 9.93. The van der Waals surface area contributed by atoms with E-state index in [1.807, 2.05) is 47.0 Å². The van der Waals surface area contributed by atoms with Crippen LogP contribution >= 0.6 is 0 Å². The van der Waals surface area contributed by atoms with E-state index in [4.69, 9.17) is 9.47 Å². The molecule has 1 aliphatic rings. The number of amides is 1. The maximum atomic E-state index is 13.7. The minimum absolute atomic E-state index is 0.215. The third-order valence-corrected chi connectivity index (χ3v) is 6.16. The first kappa shape index (κ1) is 22.9. The molecule has 1 amide bonds. The number of hydrogen-bond acceptors (Lipinski definition) is 7. The van der Waals surface area contributed by atoms with E-state index in [-0.39, 0.29) is 17.0 Å². The van der Waals surface area contributed by atoms with Gasteiger partial charge in [0.15, 0.2) is 11.5 Å². The Morgan fingerprint density at radius 3 is 2.42 bits per heavy atom. The van der Waals surface area contributed by atoms with Crippen molar-refractivity contribution in [1.29, 1.82) is 0 Å². The van der Waals surface area contributed by atoms with Crippen LogP contribution < -0.4 is 20.1 Å². The molecule has 0 unspecified atom stereocenters. The summed E-state index contributed by atoms with van der Waals surface area (Å²) in [5.41, 5.74) is 3.07. The van der Waals surface area contributed by atoms with Crippen LogP contribution in [-0.2, 0) is 4.79 Å². The fourth-order valence-electron chi connectivity index (χ4n) is 4.51. The van der Waals surface area contributed by atoms with Crippen LogP contribution in [0.4, 0.5) is 17.3 Å². The number of allylic oxidation sites excluding steroid dienone is 1. The molecule has 2 heterocycles. The number of carbonyl (C=O) groups excluding carboxylic acids is 1. The van der Waals surface area contributed by atoms with Gasteiger partial charge in [0, 0.05) is 11.4 Å². The Hall–Kier alpha value is -4.86. The Morgan fingerprint density at radius 2 is 1.72 bits per heavy atom. The Morgan fingerprint density at radius 1 is 1.06 bits per heavy atom. The molecule has 0 aliphatic carbocycles. The number of imidazole rings is 1. The van der Waals surface area contributed by atoms with Gasteiger partial charge in [0.2, 0.25) is 5.95 Å². The summed E-state index contributed by atoms with van der Waals surface area (Å²) >= 11 is 0. The average Bonchev–Trinajstić information content (AvgIpc) is 3.27. The number of nitro groups is 1. The van der Waals surface area contributed by atoms with E-state index in [1.165, 1.54) is 26.4 Å². The minimum atomic E-state index is -0.891. The number of hydrogen-bond donors (Lipinski definition) is 2. The van der Waals surface area contributed by atoms with Crippen LogP contribution in [0.15, 0.2) is 72.3 Å². The normalized spacial score (nSPS) is 14.7. The van der Waals surface area contributed by atoms with Gasteiger partial charge in [0.05, 0.1) is 53.4 Å². The zero-order chi connectivity index (χ0) is 25.4. The molecule has 10 nitrogen and oxygen atoms in total. The fraction of sp³-hybridized carbons (Fsp3) is 0.154. The number of nitrogens with one attached hydrogen (secondary N) is 2. The maximum absolute atomic E-state index is 13.7. The van der Waals surface area contributed by atoms with Crippen LogP contribution in [0.1, 0.15) is 18.5 Å². The molecule has 2 N–H and O–H groups in total. The van der Waals surface area contributed by atoms with Crippen LogP contribution in [0.2, 0.25) is 0 Å². The summed E-state index contributed by atoms with van der Waals surface area (Å²) in [7, 11) is 2.86. The number of para-hydroxylation sites is 3. The van der Waals surface area contributed by atoms with Crippen LogP contribution in [-0.4, -0.2) is 34.6 Å². The third-order valence-electron chi connectivity index (χ3n) is 6.16. The van der Waals surface area contributed by atoms with Crippen LogP contribution in [0.25, 0.3) is 16.7 Å². The molecule has 0 spiro atoms. The molecule has 4 aromatic rings. The first-order valence-corrected chi connectivity index (χ1v) is 11.1. The summed E-state index contributed by atoms with van der Waals surface area (Å²) in [5.74, 6) is 0.592. The molecule has 0 radical (unpaired) electrons.